The highest BCUT2D eigenvalue weighted by atomic mass is 16.4. The van der Waals surface area contributed by atoms with Gasteiger partial charge in [0.2, 0.25) is 5.89 Å². The molecule has 0 aliphatic heterocycles. The largest absolute Gasteiger partial charge is 0.445 e. The van der Waals surface area contributed by atoms with Crippen LogP contribution in [0.1, 0.15) is 38.3 Å². The van der Waals surface area contributed by atoms with Crippen LogP contribution >= 0.6 is 0 Å². The SMILES string of the molecule is CCC(CC)(CO)CNCc1ncc(C)o1. The van der Waals surface area contributed by atoms with Gasteiger partial charge in [0.1, 0.15) is 5.76 Å². The van der Waals surface area contributed by atoms with Crippen molar-refractivity contribution in [3.05, 3.63) is 17.8 Å². The van der Waals surface area contributed by atoms with Crippen molar-refractivity contribution in [2.24, 2.45) is 5.41 Å². The maximum atomic E-state index is 9.40. The molecule has 0 aromatic carbocycles. The number of hydrogen-bond acceptors (Lipinski definition) is 4. The Labute approximate surface area is 97.1 Å². The van der Waals surface area contributed by atoms with E-state index in [9.17, 15) is 5.11 Å². The van der Waals surface area contributed by atoms with Gasteiger partial charge in [-0.3, -0.25) is 0 Å². The normalized spacial score (nSPS) is 12.0. The number of nitrogens with one attached hydrogen (secondary N) is 1. The number of aromatic nitrogens is 1. The van der Waals surface area contributed by atoms with Crippen LogP contribution in [0.5, 0.6) is 0 Å². The standard InChI is InChI=1S/C12H22N2O2/c1-4-12(5-2,9-15)8-13-7-11-14-6-10(3)16-11/h6,13,15H,4-5,7-9H2,1-3H3. The van der Waals surface area contributed by atoms with E-state index in [0.717, 1.165) is 25.1 Å². The smallest absolute Gasteiger partial charge is 0.208 e. The molecule has 4 heteroatoms. The van der Waals surface area contributed by atoms with Gasteiger partial charge >= 0.3 is 0 Å². The number of aryl methyl sites for hydroxylation is 1. The number of rotatable bonds is 7. The zero-order chi connectivity index (χ0) is 12.0. The van der Waals surface area contributed by atoms with E-state index in [0.29, 0.717) is 12.4 Å². The Balaban J connectivity index is 2.39. The maximum Gasteiger partial charge on any atom is 0.208 e. The van der Waals surface area contributed by atoms with Gasteiger partial charge in [0, 0.05) is 18.6 Å². The fourth-order valence-corrected chi connectivity index (χ4v) is 1.70. The molecule has 1 aromatic heterocycles. The number of nitrogens with zero attached hydrogens (tertiary/aromatic N) is 1. The summed E-state index contributed by atoms with van der Waals surface area (Å²) in [6, 6.07) is 0. The van der Waals surface area contributed by atoms with Crippen LogP contribution in [-0.4, -0.2) is 23.2 Å². The molecule has 0 unspecified atom stereocenters. The minimum atomic E-state index is -0.0123. The summed E-state index contributed by atoms with van der Waals surface area (Å²) in [7, 11) is 0. The monoisotopic (exact) mass is 226 g/mol. The van der Waals surface area contributed by atoms with Crippen molar-refractivity contribution in [1.82, 2.24) is 10.3 Å². The van der Waals surface area contributed by atoms with E-state index in [1.165, 1.54) is 0 Å². The number of oxazole rings is 1. The average molecular weight is 226 g/mol. The van der Waals surface area contributed by atoms with Gasteiger partial charge in [-0.25, -0.2) is 4.98 Å². The number of aliphatic hydroxyl groups excluding tert-OH is 1. The van der Waals surface area contributed by atoms with Crippen molar-refractivity contribution in [2.45, 2.75) is 40.2 Å². The predicted molar refractivity (Wildman–Crippen MR) is 63.0 cm³/mol. The van der Waals surface area contributed by atoms with Crippen LogP contribution in [0.3, 0.4) is 0 Å². The molecule has 1 heterocycles. The van der Waals surface area contributed by atoms with Crippen molar-refractivity contribution in [3.63, 3.8) is 0 Å². The van der Waals surface area contributed by atoms with Gasteiger partial charge in [-0.05, 0) is 19.8 Å². The third kappa shape index (κ3) is 3.32. The van der Waals surface area contributed by atoms with Crippen LogP contribution in [0.15, 0.2) is 10.6 Å². The van der Waals surface area contributed by atoms with E-state index in [-0.39, 0.29) is 12.0 Å². The van der Waals surface area contributed by atoms with E-state index in [4.69, 9.17) is 4.42 Å². The zero-order valence-corrected chi connectivity index (χ0v) is 10.4. The summed E-state index contributed by atoms with van der Waals surface area (Å²) < 4.78 is 5.36. The second-order valence-electron chi connectivity index (χ2n) is 4.33. The minimum absolute atomic E-state index is 0.0123. The highest BCUT2D eigenvalue weighted by molar-refractivity contribution is 4.90. The number of aliphatic hydroxyl groups is 1. The summed E-state index contributed by atoms with van der Waals surface area (Å²) in [6.07, 6.45) is 3.66. The minimum Gasteiger partial charge on any atom is -0.445 e. The quantitative estimate of drug-likeness (QED) is 0.745. The molecule has 1 aromatic rings. The number of hydrogen-bond donors (Lipinski definition) is 2. The Hall–Kier alpha value is -0.870. The van der Waals surface area contributed by atoms with E-state index < -0.39 is 0 Å². The molecule has 16 heavy (non-hydrogen) atoms. The van der Waals surface area contributed by atoms with Crippen molar-refractivity contribution in [3.8, 4) is 0 Å². The predicted octanol–water partition coefficient (Wildman–Crippen LogP) is 1.87. The lowest BCUT2D eigenvalue weighted by Crippen LogP contribution is -2.36. The summed E-state index contributed by atoms with van der Waals surface area (Å²) in [5, 5.41) is 12.7. The zero-order valence-electron chi connectivity index (χ0n) is 10.4. The highest BCUT2D eigenvalue weighted by Crippen LogP contribution is 2.24. The molecule has 0 atom stereocenters. The molecule has 0 aliphatic rings. The van der Waals surface area contributed by atoms with Crippen LogP contribution in [-0.2, 0) is 6.54 Å². The third-order valence-corrected chi connectivity index (χ3v) is 3.28. The van der Waals surface area contributed by atoms with Crippen LogP contribution in [0.4, 0.5) is 0 Å². The fraction of sp³-hybridized carbons (Fsp3) is 0.750. The van der Waals surface area contributed by atoms with Crippen molar-refractivity contribution < 1.29 is 9.52 Å². The fourth-order valence-electron chi connectivity index (χ4n) is 1.70. The molecule has 0 saturated carbocycles. The summed E-state index contributed by atoms with van der Waals surface area (Å²) in [5.74, 6) is 1.53. The molecule has 0 amide bonds. The molecular formula is C12H22N2O2. The molecule has 92 valence electrons. The lowest BCUT2D eigenvalue weighted by atomic mass is 9.83. The van der Waals surface area contributed by atoms with Crippen LogP contribution in [0.2, 0.25) is 0 Å². The first-order valence-electron chi connectivity index (χ1n) is 5.88. The lowest BCUT2D eigenvalue weighted by molar-refractivity contribution is 0.112. The molecule has 4 nitrogen and oxygen atoms in total. The van der Waals surface area contributed by atoms with E-state index in [2.05, 4.69) is 24.1 Å². The maximum absolute atomic E-state index is 9.40. The Morgan fingerprint density at radius 1 is 1.44 bits per heavy atom. The molecule has 0 spiro atoms. The first-order chi connectivity index (χ1) is 7.65. The van der Waals surface area contributed by atoms with Crippen molar-refractivity contribution >= 4 is 0 Å². The molecular weight excluding hydrogens is 204 g/mol. The Bertz CT molecular complexity index is 297. The van der Waals surface area contributed by atoms with Gasteiger partial charge in [-0.15, -0.1) is 0 Å². The topological polar surface area (TPSA) is 58.3 Å². The van der Waals surface area contributed by atoms with Gasteiger partial charge in [-0.2, -0.15) is 0 Å². The first-order valence-corrected chi connectivity index (χ1v) is 5.88. The first kappa shape index (κ1) is 13.2. The molecule has 0 fully saturated rings. The lowest BCUT2D eigenvalue weighted by Gasteiger charge is -2.29. The van der Waals surface area contributed by atoms with Crippen LogP contribution in [0.25, 0.3) is 0 Å². The Morgan fingerprint density at radius 2 is 2.12 bits per heavy atom. The highest BCUT2D eigenvalue weighted by Gasteiger charge is 2.24. The third-order valence-electron chi connectivity index (χ3n) is 3.28. The summed E-state index contributed by atoms with van der Waals surface area (Å²) in [6.45, 7) is 7.73. The molecule has 1 rings (SSSR count). The molecule has 0 bridgehead atoms. The van der Waals surface area contributed by atoms with E-state index in [1.807, 2.05) is 6.92 Å². The molecule has 0 saturated heterocycles. The second-order valence-corrected chi connectivity index (χ2v) is 4.33. The van der Waals surface area contributed by atoms with Gasteiger partial charge in [-0.1, -0.05) is 13.8 Å². The molecule has 2 N–H and O–H groups in total. The van der Waals surface area contributed by atoms with Gasteiger partial charge in [0.25, 0.3) is 0 Å². The summed E-state index contributed by atoms with van der Waals surface area (Å²) in [4.78, 5) is 4.12. The van der Waals surface area contributed by atoms with Gasteiger partial charge < -0.3 is 14.8 Å². The van der Waals surface area contributed by atoms with Crippen molar-refractivity contribution in [2.75, 3.05) is 13.2 Å². The molecule has 0 radical (unpaired) electrons. The summed E-state index contributed by atoms with van der Waals surface area (Å²) in [5.41, 5.74) is -0.0123. The van der Waals surface area contributed by atoms with Gasteiger partial charge in [0.05, 0.1) is 12.7 Å². The summed E-state index contributed by atoms with van der Waals surface area (Å²) >= 11 is 0. The Kier molecular flexibility index (Phi) is 4.96. The van der Waals surface area contributed by atoms with Gasteiger partial charge in [0.15, 0.2) is 0 Å². The van der Waals surface area contributed by atoms with Crippen molar-refractivity contribution in [1.29, 1.82) is 0 Å². The average Bonchev–Trinajstić information content (AvgIpc) is 2.71. The molecule has 0 aliphatic carbocycles. The second kappa shape index (κ2) is 6.01. The Morgan fingerprint density at radius 3 is 2.56 bits per heavy atom. The van der Waals surface area contributed by atoms with E-state index in [1.54, 1.807) is 6.20 Å². The van der Waals surface area contributed by atoms with E-state index >= 15 is 0 Å². The van der Waals surface area contributed by atoms with Crippen LogP contribution in [0, 0.1) is 12.3 Å². The van der Waals surface area contributed by atoms with Crippen LogP contribution < -0.4 is 5.32 Å².